The van der Waals surface area contributed by atoms with Crippen LogP contribution < -0.4 is 0 Å². The van der Waals surface area contributed by atoms with E-state index in [0.717, 1.165) is 177 Å². The van der Waals surface area contributed by atoms with Crippen molar-refractivity contribution in [3.05, 3.63) is 396 Å². The number of benzene rings is 17. The van der Waals surface area contributed by atoms with Crippen LogP contribution in [0.1, 0.15) is 44.5 Å². The molecule has 0 fully saturated rings. The van der Waals surface area contributed by atoms with Gasteiger partial charge in [0.1, 0.15) is 0 Å². The molecule has 0 atom stereocenters. The van der Waals surface area contributed by atoms with Gasteiger partial charge in [0.2, 0.25) is 0 Å². The largest absolute Gasteiger partial charge is 0.115 e. The van der Waals surface area contributed by atoms with Gasteiger partial charge in [0.05, 0.1) is 0 Å². The van der Waals surface area contributed by atoms with Crippen LogP contribution in [0.4, 0.5) is 0 Å². The van der Waals surface area contributed by atoms with E-state index in [4.69, 9.17) is 51.4 Å². The van der Waals surface area contributed by atoms with Gasteiger partial charge in [0.25, 0.3) is 0 Å². The standard InChI is InChI=1S/C114H66/c1-9-75-45-33-53-101(97(75)13-5)83-57-59-105(103-55-35-47-77(11-3)99(103)15-7)111(73-83)93-67-91(89-63-85(79-37-21-17-22-38-79)61-86(64-89)80-39-23-18-24-40-80)69-95(71-93)113-107-49-29-31-51-109(107)114(110-52-32-30-50-108(110)113)96-70-92(90-65-87(81-41-25-19-26-42-81)62-88(66-90)82-43-27-20-28-44-82)68-94(72-96)112-74-84(102-54-34-46-76(10-2)98(102)14-6)58-60-106(112)104-56-36-48-78(12-4)100(104)16-8/h1-8,17-74H. The number of fused-ring (bicyclic) bond motifs is 2. The molecule has 0 aromatic heterocycles. The van der Waals surface area contributed by atoms with E-state index in [9.17, 15) is 0 Å². The Morgan fingerprint density at radius 3 is 0.632 bits per heavy atom. The Morgan fingerprint density at radius 2 is 0.360 bits per heavy atom. The zero-order valence-electron chi connectivity index (χ0n) is 62.1. The van der Waals surface area contributed by atoms with E-state index < -0.39 is 0 Å². The number of terminal acetylenes is 8. The number of rotatable bonds is 14. The molecular formula is C114H66. The maximum Gasteiger partial charge on any atom is 0.0477 e. The van der Waals surface area contributed by atoms with Crippen LogP contribution in [0.5, 0.6) is 0 Å². The first-order valence-corrected chi connectivity index (χ1v) is 37.5. The van der Waals surface area contributed by atoms with Crippen molar-refractivity contribution in [2.75, 3.05) is 0 Å². The molecule has 0 N–H and O–H groups in total. The Bertz CT molecular complexity index is 6540. The maximum atomic E-state index is 6.55. The lowest BCUT2D eigenvalue weighted by Crippen LogP contribution is -1.97. The Hall–Kier alpha value is -16.3. The van der Waals surface area contributed by atoms with Gasteiger partial charge in [0.15, 0.2) is 0 Å². The van der Waals surface area contributed by atoms with E-state index in [2.05, 4.69) is 339 Å². The number of hydrogen-bond acceptors (Lipinski definition) is 0. The fourth-order valence-corrected chi connectivity index (χ4v) is 16.3. The summed E-state index contributed by atoms with van der Waals surface area (Å²) in [5, 5.41) is 4.11. The van der Waals surface area contributed by atoms with Crippen LogP contribution in [0.25, 0.3) is 177 Å². The van der Waals surface area contributed by atoms with Gasteiger partial charge in [-0.05, 0) is 287 Å². The molecule has 0 unspecified atom stereocenters. The number of hydrogen-bond donors (Lipinski definition) is 0. The van der Waals surface area contributed by atoms with E-state index in [0.29, 0.717) is 44.5 Å². The molecule has 17 rings (SSSR count). The topological polar surface area (TPSA) is 0 Å². The van der Waals surface area contributed by atoms with Gasteiger partial charge in [-0.15, -0.1) is 51.4 Å². The molecule has 17 aromatic rings. The van der Waals surface area contributed by atoms with Crippen molar-refractivity contribution in [2.45, 2.75) is 0 Å². The lowest BCUT2D eigenvalue weighted by molar-refractivity contribution is 1.51. The first kappa shape index (κ1) is 70.7. The van der Waals surface area contributed by atoms with E-state index in [1.807, 2.05) is 60.7 Å². The minimum atomic E-state index is 0.611. The first-order chi connectivity index (χ1) is 56.2. The molecule has 0 amide bonds. The molecule has 0 spiro atoms. The fraction of sp³-hybridized carbons (Fsp3) is 0. The summed E-state index contributed by atoms with van der Waals surface area (Å²) < 4.78 is 0. The van der Waals surface area contributed by atoms with E-state index >= 15 is 0 Å². The quantitative estimate of drug-likeness (QED) is 0.0752. The molecule has 0 saturated heterocycles. The van der Waals surface area contributed by atoms with Gasteiger partial charge in [0, 0.05) is 44.5 Å². The third-order valence-electron chi connectivity index (χ3n) is 21.7. The van der Waals surface area contributed by atoms with E-state index in [1.165, 1.54) is 0 Å². The second kappa shape index (κ2) is 30.8. The smallest absolute Gasteiger partial charge is 0.0477 e. The van der Waals surface area contributed by atoms with Crippen molar-refractivity contribution >= 4 is 21.5 Å². The predicted octanol–water partition coefficient (Wildman–Crippen LogP) is 27.2. The average Bonchev–Trinajstić information content (AvgIpc) is 0.724. The summed E-state index contributed by atoms with van der Waals surface area (Å²) in [6.45, 7) is 0. The van der Waals surface area contributed by atoms with Crippen LogP contribution in [0.15, 0.2) is 352 Å². The normalized spacial score (nSPS) is 10.7. The van der Waals surface area contributed by atoms with Crippen LogP contribution in [0.3, 0.4) is 0 Å². The molecule has 0 aliphatic heterocycles. The molecule has 114 heavy (non-hydrogen) atoms. The fourth-order valence-electron chi connectivity index (χ4n) is 16.3. The molecule has 0 heteroatoms. The first-order valence-electron chi connectivity index (χ1n) is 37.5. The Morgan fingerprint density at radius 1 is 0.132 bits per heavy atom. The van der Waals surface area contributed by atoms with Gasteiger partial charge in [-0.3, -0.25) is 0 Å². The molecule has 0 saturated carbocycles. The highest BCUT2D eigenvalue weighted by atomic mass is 14.3. The highest BCUT2D eigenvalue weighted by Crippen LogP contribution is 2.51. The minimum Gasteiger partial charge on any atom is -0.115 e. The van der Waals surface area contributed by atoms with Gasteiger partial charge >= 0.3 is 0 Å². The molecule has 0 bridgehead atoms. The second-order valence-corrected chi connectivity index (χ2v) is 28.1. The molecule has 0 radical (unpaired) electrons. The summed E-state index contributed by atoms with van der Waals surface area (Å²) in [7, 11) is 0. The predicted molar refractivity (Wildman–Crippen MR) is 481 cm³/mol. The molecule has 0 nitrogen and oxygen atoms in total. The molecule has 17 aromatic carbocycles. The zero-order chi connectivity index (χ0) is 77.8. The molecule has 0 aliphatic carbocycles. The molecule has 0 heterocycles. The molecular weight excluding hydrogens is 1370 g/mol. The lowest BCUT2D eigenvalue weighted by atomic mass is 9.81. The van der Waals surface area contributed by atoms with Crippen molar-refractivity contribution in [1.82, 2.24) is 0 Å². The average molecular weight is 1440 g/mol. The van der Waals surface area contributed by atoms with Gasteiger partial charge in [-0.2, -0.15) is 0 Å². The van der Waals surface area contributed by atoms with Gasteiger partial charge < -0.3 is 0 Å². The Kier molecular flexibility index (Phi) is 19.1. The minimum absolute atomic E-state index is 0.611. The highest BCUT2D eigenvalue weighted by molar-refractivity contribution is 6.22. The van der Waals surface area contributed by atoms with Crippen molar-refractivity contribution in [2.24, 2.45) is 0 Å². The van der Waals surface area contributed by atoms with Crippen molar-refractivity contribution in [1.29, 1.82) is 0 Å². The summed E-state index contributed by atoms with van der Waals surface area (Å²) in [6.07, 6.45) is 50.9. The lowest BCUT2D eigenvalue weighted by Gasteiger charge is -2.22. The van der Waals surface area contributed by atoms with E-state index in [1.54, 1.807) is 0 Å². The molecule has 0 aliphatic rings. The Balaban J connectivity index is 0.988. The van der Waals surface area contributed by atoms with E-state index in [-0.39, 0.29) is 0 Å². The zero-order valence-corrected chi connectivity index (χ0v) is 62.1. The summed E-state index contributed by atoms with van der Waals surface area (Å²) in [4.78, 5) is 0. The van der Waals surface area contributed by atoms with Crippen molar-refractivity contribution in [3.8, 4) is 255 Å². The summed E-state index contributed by atoms with van der Waals surface area (Å²) in [5.74, 6) is 23.4. The monoisotopic (exact) mass is 1430 g/mol. The maximum absolute atomic E-state index is 6.55. The van der Waals surface area contributed by atoms with Crippen LogP contribution in [-0.2, 0) is 0 Å². The summed E-state index contributed by atoms with van der Waals surface area (Å²) in [6, 6.07) is 124. The van der Waals surface area contributed by atoms with Crippen LogP contribution in [0.2, 0.25) is 0 Å². The van der Waals surface area contributed by atoms with Crippen molar-refractivity contribution in [3.63, 3.8) is 0 Å². The second-order valence-electron chi connectivity index (χ2n) is 28.1. The van der Waals surface area contributed by atoms with Gasteiger partial charge in [-0.1, -0.05) is 290 Å². The van der Waals surface area contributed by atoms with Gasteiger partial charge in [-0.25, -0.2) is 0 Å². The van der Waals surface area contributed by atoms with Crippen molar-refractivity contribution < 1.29 is 0 Å². The SMILES string of the molecule is C#Cc1cccc(-c2ccc(-c3cccc(C#C)c3C#C)c(-c3cc(-c4cc(-c5ccccc5)cc(-c5ccccc5)c4)cc(-c4c5ccccc5c(-c5cc(-c6cc(-c7ccccc7)cc(-c7ccccc7)c6)cc(-c6cc(-c7cccc(C#C)c7C#C)ccc6-c6cccc(C#C)c6C#C)c5)c5ccccc45)c3)c2)c1C#C. The van der Waals surface area contributed by atoms with Crippen LogP contribution >= 0.6 is 0 Å². The third-order valence-corrected chi connectivity index (χ3v) is 21.7. The summed E-state index contributed by atoms with van der Waals surface area (Å²) in [5.41, 5.74) is 31.9. The Labute approximate surface area is 667 Å². The van der Waals surface area contributed by atoms with Crippen LogP contribution in [-0.4, -0.2) is 0 Å². The third kappa shape index (κ3) is 13.1. The highest BCUT2D eigenvalue weighted by Gasteiger charge is 2.25. The summed E-state index contributed by atoms with van der Waals surface area (Å²) >= 11 is 0. The molecule has 522 valence electrons. The van der Waals surface area contributed by atoms with Crippen LogP contribution in [0, 0.1) is 98.8 Å².